The van der Waals surface area contributed by atoms with Gasteiger partial charge in [-0.3, -0.25) is 4.90 Å². The number of benzene rings is 3. The molecule has 1 N–H and O–H groups in total. The molecule has 5 heteroatoms. The Labute approximate surface area is 214 Å². The first-order chi connectivity index (χ1) is 17.2. The fourth-order valence-electron chi connectivity index (χ4n) is 5.03. The molecule has 4 rings (SSSR count). The Balaban J connectivity index is 1.31. The Morgan fingerprint density at radius 1 is 0.722 bits per heavy atom. The van der Waals surface area contributed by atoms with E-state index in [-0.39, 0.29) is 23.1 Å². The zero-order valence-corrected chi connectivity index (χ0v) is 21.6. The van der Waals surface area contributed by atoms with Crippen LogP contribution in [0.2, 0.25) is 0 Å². The summed E-state index contributed by atoms with van der Waals surface area (Å²) >= 11 is 0. The SMILES string of the molecule is CC(C)(C)c1ccc([C@@H](O)CCCN2CCN(C(c3ccc(F)cc3)c3ccc(F)cc3)CC2)cc1. The third kappa shape index (κ3) is 6.78. The Morgan fingerprint density at radius 3 is 1.67 bits per heavy atom. The second-order valence-corrected chi connectivity index (χ2v) is 10.9. The number of aliphatic hydroxyl groups is 1. The molecule has 1 aliphatic heterocycles. The lowest BCUT2D eigenvalue weighted by molar-refractivity contribution is 0.101. The van der Waals surface area contributed by atoms with Crippen LogP contribution in [0, 0.1) is 11.6 Å². The molecule has 192 valence electrons. The van der Waals surface area contributed by atoms with Crippen molar-refractivity contribution in [2.45, 2.75) is 51.2 Å². The van der Waals surface area contributed by atoms with Crippen molar-refractivity contribution in [3.8, 4) is 0 Å². The van der Waals surface area contributed by atoms with Crippen molar-refractivity contribution in [2.75, 3.05) is 32.7 Å². The molecule has 0 unspecified atom stereocenters. The third-order valence-corrected chi connectivity index (χ3v) is 7.26. The van der Waals surface area contributed by atoms with Gasteiger partial charge in [0.15, 0.2) is 0 Å². The van der Waals surface area contributed by atoms with Gasteiger partial charge in [0.1, 0.15) is 11.6 Å². The molecule has 3 aromatic rings. The second kappa shape index (κ2) is 11.6. The van der Waals surface area contributed by atoms with Crippen molar-refractivity contribution in [1.29, 1.82) is 0 Å². The van der Waals surface area contributed by atoms with E-state index in [2.05, 4.69) is 54.8 Å². The van der Waals surface area contributed by atoms with E-state index in [0.717, 1.165) is 62.3 Å². The Bertz CT molecular complexity index is 1040. The van der Waals surface area contributed by atoms with Crippen molar-refractivity contribution in [1.82, 2.24) is 9.80 Å². The van der Waals surface area contributed by atoms with Gasteiger partial charge < -0.3 is 10.0 Å². The molecule has 0 bridgehead atoms. The van der Waals surface area contributed by atoms with E-state index in [1.807, 2.05) is 24.3 Å². The molecule has 1 saturated heterocycles. The fourth-order valence-corrected chi connectivity index (χ4v) is 5.03. The number of halogens is 2. The average Bonchev–Trinajstić information content (AvgIpc) is 2.87. The van der Waals surface area contributed by atoms with Crippen molar-refractivity contribution >= 4 is 0 Å². The zero-order valence-electron chi connectivity index (χ0n) is 21.6. The Morgan fingerprint density at radius 2 is 1.19 bits per heavy atom. The van der Waals surface area contributed by atoms with Gasteiger partial charge in [-0.25, -0.2) is 8.78 Å². The highest BCUT2D eigenvalue weighted by Gasteiger charge is 2.26. The van der Waals surface area contributed by atoms with Crippen molar-refractivity contribution in [3.05, 3.63) is 107 Å². The van der Waals surface area contributed by atoms with Gasteiger partial charge in [0.2, 0.25) is 0 Å². The predicted molar refractivity (Wildman–Crippen MR) is 142 cm³/mol. The lowest BCUT2D eigenvalue weighted by Crippen LogP contribution is -2.48. The Kier molecular flexibility index (Phi) is 8.55. The van der Waals surface area contributed by atoms with Gasteiger partial charge in [-0.05, 0) is 71.3 Å². The van der Waals surface area contributed by atoms with E-state index in [9.17, 15) is 13.9 Å². The molecule has 3 aromatic carbocycles. The van der Waals surface area contributed by atoms with E-state index in [1.54, 1.807) is 0 Å². The molecule has 0 aliphatic carbocycles. The number of rotatable bonds is 8. The molecule has 0 aromatic heterocycles. The van der Waals surface area contributed by atoms with E-state index >= 15 is 0 Å². The lowest BCUT2D eigenvalue weighted by atomic mass is 9.86. The summed E-state index contributed by atoms with van der Waals surface area (Å²) in [6, 6.07) is 21.6. The van der Waals surface area contributed by atoms with Crippen LogP contribution in [0.3, 0.4) is 0 Å². The molecule has 0 saturated carbocycles. The second-order valence-electron chi connectivity index (χ2n) is 10.9. The number of aliphatic hydroxyl groups excluding tert-OH is 1. The molecule has 3 nitrogen and oxygen atoms in total. The van der Waals surface area contributed by atoms with Crippen LogP contribution >= 0.6 is 0 Å². The average molecular weight is 493 g/mol. The van der Waals surface area contributed by atoms with Gasteiger partial charge in [-0.1, -0.05) is 69.3 Å². The summed E-state index contributed by atoms with van der Waals surface area (Å²) < 4.78 is 27.1. The molecule has 1 heterocycles. The van der Waals surface area contributed by atoms with Gasteiger partial charge in [-0.15, -0.1) is 0 Å². The molecule has 0 amide bonds. The van der Waals surface area contributed by atoms with E-state index in [0.29, 0.717) is 0 Å². The summed E-state index contributed by atoms with van der Waals surface area (Å²) in [5.41, 5.74) is 4.39. The first-order valence-corrected chi connectivity index (χ1v) is 13.0. The smallest absolute Gasteiger partial charge is 0.123 e. The number of hydrogen-bond donors (Lipinski definition) is 1. The summed E-state index contributed by atoms with van der Waals surface area (Å²) in [6.45, 7) is 11.1. The summed E-state index contributed by atoms with van der Waals surface area (Å²) in [5.74, 6) is -0.512. The van der Waals surface area contributed by atoms with E-state index < -0.39 is 6.10 Å². The molecule has 1 aliphatic rings. The molecule has 1 fully saturated rings. The van der Waals surface area contributed by atoms with Crippen molar-refractivity contribution in [3.63, 3.8) is 0 Å². The van der Waals surface area contributed by atoms with Crippen molar-refractivity contribution < 1.29 is 13.9 Å². The van der Waals surface area contributed by atoms with Gasteiger partial charge in [0.25, 0.3) is 0 Å². The van der Waals surface area contributed by atoms with E-state index in [4.69, 9.17) is 0 Å². The van der Waals surface area contributed by atoms with Crippen LogP contribution in [-0.2, 0) is 5.41 Å². The van der Waals surface area contributed by atoms with Crippen LogP contribution < -0.4 is 0 Å². The highest BCUT2D eigenvalue weighted by atomic mass is 19.1. The van der Waals surface area contributed by atoms with Gasteiger partial charge in [0.05, 0.1) is 12.1 Å². The molecule has 0 spiro atoms. The van der Waals surface area contributed by atoms with Crippen LogP contribution in [0.4, 0.5) is 8.78 Å². The number of hydrogen-bond acceptors (Lipinski definition) is 3. The minimum Gasteiger partial charge on any atom is -0.388 e. The summed E-state index contributed by atoms with van der Waals surface area (Å²) in [6.07, 6.45) is 1.23. The number of piperazine rings is 1. The van der Waals surface area contributed by atoms with Gasteiger partial charge >= 0.3 is 0 Å². The highest BCUT2D eigenvalue weighted by Crippen LogP contribution is 2.30. The fraction of sp³-hybridized carbons (Fsp3) is 0.419. The predicted octanol–water partition coefficient (Wildman–Crippen LogP) is 6.48. The van der Waals surface area contributed by atoms with Crippen molar-refractivity contribution in [2.24, 2.45) is 0 Å². The minimum absolute atomic E-state index is 0.0359. The quantitative estimate of drug-likeness (QED) is 0.390. The monoisotopic (exact) mass is 492 g/mol. The van der Waals surface area contributed by atoms with Crippen LogP contribution in [0.15, 0.2) is 72.8 Å². The lowest BCUT2D eigenvalue weighted by Gasteiger charge is -2.40. The highest BCUT2D eigenvalue weighted by molar-refractivity contribution is 5.32. The number of nitrogens with zero attached hydrogens (tertiary/aromatic N) is 2. The zero-order chi connectivity index (χ0) is 25.7. The summed E-state index contributed by atoms with van der Waals surface area (Å²) in [7, 11) is 0. The largest absolute Gasteiger partial charge is 0.388 e. The third-order valence-electron chi connectivity index (χ3n) is 7.26. The standard InChI is InChI=1S/C31H38F2N2O/c1-31(2,3)26-12-6-23(7-13-26)29(36)5-4-18-34-19-21-35(22-20-34)30(24-8-14-27(32)15-9-24)25-10-16-28(33)17-11-25/h6-17,29-30,36H,4-5,18-22H2,1-3H3/t29-/m0/s1. The Hall–Kier alpha value is -2.60. The topological polar surface area (TPSA) is 26.7 Å². The van der Waals surface area contributed by atoms with Crippen LogP contribution in [0.5, 0.6) is 0 Å². The van der Waals surface area contributed by atoms with E-state index in [1.165, 1.54) is 29.8 Å². The molecule has 1 atom stereocenters. The normalized spacial score (nSPS) is 16.4. The van der Waals surface area contributed by atoms with Gasteiger partial charge in [0, 0.05) is 26.2 Å². The first-order valence-electron chi connectivity index (χ1n) is 13.0. The molecular weight excluding hydrogens is 454 g/mol. The maximum atomic E-state index is 13.6. The van der Waals surface area contributed by atoms with Crippen LogP contribution in [-0.4, -0.2) is 47.6 Å². The maximum absolute atomic E-state index is 13.6. The first kappa shape index (κ1) is 26.5. The molecular formula is C31H38F2N2O. The maximum Gasteiger partial charge on any atom is 0.123 e. The van der Waals surface area contributed by atoms with Crippen LogP contribution in [0.25, 0.3) is 0 Å². The van der Waals surface area contributed by atoms with Gasteiger partial charge in [-0.2, -0.15) is 0 Å². The molecule has 0 radical (unpaired) electrons. The summed E-state index contributed by atoms with van der Waals surface area (Å²) in [5, 5.41) is 10.7. The summed E-state index contributed by atoms with van der Waals surface area (Å²) in [4.78, 5) is 4.83. The minimum atomic E-state index is -0.443. The van der Waals surface area contributed by atoms with Crippen LogP contribution in [0.1, 0.15) is 68.0 Å². The molecule has 36 heavy (non-hydrogen) atoms.